The number of aliphatic hydroxyl groups excluding tert-OH is 1. The summed E-state index contributed by atoms with van der Waals surface area (Å²) in [5, 5.41) is 12.1. The lowest BCUT2D eigenvalue weighted by Crippen LogP contribution is -2.47. The highest BCUT2D eigenvalue weighted by atomic mass is 16.3. The van der Waals surface area contributed by atoms with Crippen molar-refractivity contribution in [2.45, 2.75) is 58.4 Å². The first-order chi connectivity index (χ1) is 8.71. The molecular formula is C14H28N2O2. The Labute approximate surface area is 111 Å². The van der Waals surface area contributed by atoms with Crippen LogP contribution in [0.25, 0.3) is 0 Å². The predicted octanol–water partition coefficient (Wildman–Crippen LogP) is 2.37. The Balaban J connectivity index is 2.41. The highest BCUT2D eigenvalue weighted by Crippen LogP contribution is 2.26. The van der Waals surface area contributed by atoms with E-state index in [-0.39, 0.29) is 12.6 Å². The van der Waals surface area contributed by atoms with Gasteiger partial charge in [-0.1, -0.05) is 33.1 Å². The minimum atomic E-state index is -0.00680. The van der Waals surface area contributed by atoms with E-state index < -0.39 is 0 Å². The molecule has 2 unspecified atom stereocenters. The monoisotopic (exact) mass is 256 g/mol. The van der Waals surface area contributed by atoms with Crippen molar-refractivity contribution in [1.29, 1.82) is 0 Å². The first kappa shape index (κ1) is 15.3. The summed E-state index contributed by atoms with van der Waals surface area (Å²) < 4.78 is 0. The summed E-state index contributed by atoms with van der Waals surface area (Å²) in [4.78, 5) is 13.8. The van der Waals surface area contributed by atoms with Gasteiger partial charge in [0.15, 0.2) is 0 Å². The summed E-state index contributed by atoms with van der Waals surface area (Å²) in [7, 11) is 0. The van der Waals surface area contributed by atoms with Crippen LogP contribution in [0.2, 0.25) is 0 Å². The first-order valence-electron chi connectivity index (χ1n) is 7.37. The molecule has 0 heterocycles. The van der Waals surface area contributed by atoms with Gasteiger partial charge in [0.05, 0.1) is 6.61 Å². The van der Waals surface area contributed by atoms with E-state index in [0.29, 0.717) is 12.6 Å². The molecule has 1 aliphatic carbocycles. The summed E-state index contributed by atoms with van der Waals surface area (Å²) in [5.41, 5.74) is 0. The third-order valence-corrected chi connectivity index (χ3v) is 3.84. The average molecular weight is 256 g/mol. The number of aliphatic hydroxyl groups is 1. The third kappa shape index (κ3) is 4.84. The lowest BCUT2D eigenvalue weighted by atomic mass is 9.84. The molecule has 0 radical (unpaired) electrons. The van der Waals surface area contributed by atoms with Gasteiger partial charge >= 0.3 is 6.03 Å². The molecule has 1 rings (SSSR count). The predicted molar refractivity (Wildman–Crippen MR) is 73.5 cm³/mol. The normalized spacial score (nSPS) is 23.7. The number of rotatable bonds is 6. The molecule has 0 saturated heterocycles. The number of nitrogens with zero attached hydrogens (tertiary/aromatic N) is 1. The second-order valence-corrected chi connectivity index (χ2v) is 5.30. The number of hydrogen-bond donors (Lipinski definition) is 2. The maximum absolute atomic E-state index is 12.1. The zero-order valence-corrected chi connectivity index (χ0v) is 11.8. The van der Waals surface area contributed by atoms with Gasteiger partial charge in [-0.2, -0.15) is 0 Å². The second kappa shape index (κ2) is 8.35. The molecule has 2 atom stereocenters. The number of amides is 2. The van der Waals surface area contributed by atoms with Gasteiger partial charge in [-0.3, -0.25) is 0 Å². The quantitative estimate of drug-likeness (QED) is 0.766. The van der Waals surface area contributed by atoms with Gasteiger partial charge in [0.2, 0.25) is 0 Å². The fourth-order valence-electron chi connectivity index (χ4n) is 2.76. The van der Waals surface area contributed by atoms with Crippen LogP contribution in [-0.4, -0.2) is 41.8 Å². The van der Waals surface area contributed by atoms with Crippen molar-refractivity contribution in [2.24, 2.45) is 5.92 Å². The zero-order valence-electron chi connectivity index (χ0n) is 11.8. The Bertz CT molecular complexity index is 240. The molecular weight excluding hydrogens is 228 g/mol. The van der Waals surface area contributed by atoms with E-state index in [4.69, 9.17) is 5.11 Å². The largest absolute Gasteiger partial charge is 0.395 e. The molecule has 0 aromatic heterocycles. The number of carbonyl (C=O) groups excluding carboxylic acids is 1. The highest BCUT2D eigenvalue weighted by Gasteiger charge is 2.23. The Hall–Kier alpha value is -0.770. The van der Waals surface area contributed by atoms with Gasteiger partial charge in [0, 0.05) is 19.1 Å². The molecule has 1 saturated carbocycles. The number of nitrogens with one attached hydrogen (secondary N) is 1. The van der Waals surface area contributed by atoms with E-state index in [1.54, 1.807) is 4.90 Å². The van der Waals surface area contributed by atoms with Crippen LogP contribution in [-0.2, 0) is 0 Å². The molecule has 0 bridgehead atoms. The molecule has 0 spiro atoms. The standard InChI is InChI=1S/C14H28N2O2/c1-3-8-16(9-10-17)14(18)15-13-7-5-6-12(4-2)11-13/h12-13,17H,3-11H2,1-2H3,(H,15,18). The summed E-state index contributed by atoms with van der Waals surface area (Å²) in [5.74, 6) is 0.765. The van der Waals surface area contributed by atoms with Gasteiger partial charge < -0.3 is 15.3 Å². The maximum atomic E-state index is 12.1. The van der Waals surface area contributed by atoms with Crippen molar-refractivity contribution < 1.29 is 9.90 Å². The summed E-state index contributed by atoms with van der Waals surface area (Å²) in [6.45, 7) is 5.46. The van der Waals surface area contributed by atoms with Crippen molar-refractivity contribution >= 4 is 6.03 Å². The van der Waals surface area contributed by atoms with Gasteiger partial charge in [-0.05, 0) is 25.2 Å². The van der Waals surface area contributed by atoms with Crippen molar-refractivity contribution in [3.8, 4) is 0 Å². The van der Waals surface area contributed by atoms with Gasteiger partial charge in [0.25, 0.3) is 0 Å². The van der Waals surface area contributed by atoms with Crippen molar-refractivity contribution in [3.63, 3.8) is 0 Å². The van der Waals surface area contributed by atoms with E-state index in [1.807, 2.05) is 6.92 Å². The van der Waals surface area contributed by atoms with Crippen LogP contribution in [0.15, 0.2) is 0 Å². The lowest BCUT2D eigenvalue weighted by molar-refractivity contribution is 0.168. The van der Waals surface area contributed by atoms with Crippen LogP contribution in [0, 0.1) is 5.92 Å². The molecule has 0 aromatic carbocycles. The van der Waals surface area contributed by atoms with Crippen LogP contribution >= 0.6 is 0 Å². The minimum Gasteiger partial charge on any atom is -0.395 e. The zero-order chi connectivity index (χ0) is 13.4. The molecule has 0 aromatic rings. The smallest absolute Gasteiger partial charge is 0.317 e. The van der Waals surface area contributed by atoms with Crippen LogP contribution in [0.1, 0.15) is 52.4 Å². The average Bonchev–Trinajstić information content (AvgIpc) is 2.38. The van der Waals surface area contributed by atoms with Gasteiger partial charge in [-0.25, -0.2) is 4.79 Å². The number of hydrogen-bond acceptors (Lipinski definition) is 2. The van der Waals surface area contributed by atoms with E-state index >= 15 is 0 Å². The first-order valence-corrected chi connectivity index (χ1v) is 7.37. The molecule has 2 N–H and O–H groups in total. The topological polar surface area (TPSA) is 52.6 Å². The Morgan fingerprint density at radius 1 is 1.33 bits per heavy atom. The molecule has 1 fully saturated rings. The molecule has 18 heavy (non-hydrogen) atoms. The Kier molecular flexibility index (Phi) is 7.09. The SMILES string of the molecule is CCCN(CCO)C(=O)NC1CCCC(CC)C1. The highest BCUT2D eigenvalue weighted by molar-refractivity contribution is 5.74. The maximum Gasteiger partial charge on any atom is 0.317 e. The van der Waals surface area contributed by atoms with E-state index in [0.717, 1.165) is 31.7 Å². The summed E-state index contributed by atoms with van der Waals surface area (Å²) in [6, 6.07) is 0.321. The summed E-state index contributed by atoms with van der Waals surface area (Å²) in [6.07, 6.45) is 6.87. The fourth-order valence-corrected chi connectivity index (χ4v) is 2.76. The van der Waals surface area contributed by atoms with Crippen LogP contribution in [0.5, 0.6) is 0 Å². The van der Waals surface area contributed by atoms with Crippen LogP contribution in [0.3, 0.4) is 0 Å². The van der Waals surface area contributed by atoms with Crippen molar-refractivity contribution in [2.75, 3.05) is 19.7 Å². The van der Waals surface area contributed by atoms with Gasteiger partial charge in [-0.15, -0.1) is 0 Å². The number of carbonyl (C=O) groups is 1. The minimum absolute atomic E-state index is 0.00680. The molecule has 4 nitrogen and oxygen atoms in total. The van der Waals surface area contributed by atoms with Gasteiger partial charge in [0.1, 0.15) is 0 Å². The van der Waals surface area contributed by atoms with Crippen molar-refractivity contribution in [3.05, 3.63) is 0 Å². The number of urea groups is 1. The Morgan fingerprint density at radius 3 is 2.72 bits per heavy atom. The third-order valence-electron chi connectivity index (χ3n) is 3.84. The second-order valence-electron chi connectivity index (χ2n) is 5.30. The van der Waals surface area contributed by atoms with Crippen molar-refractivity contribution in [1.82, 2.24) is 10.2 Å². The van der Waals surface area contributed by atoms with Crippen LogP contribution < -0.4 is 5.32 Å². The Morgan fingerprint density at radius 2 is 2.11 bits per heavy atom. The molecule has 1 aliphatic rings. The van der Waals surface area contributed by atoms with Crippen LogP contribution in [0.4, 0.5) is 4.79 Å². The van der Waals surface area contributed by atoms with E-state index in [1.165, 1.54) is 19.3 Å². The molecule has 2 amide bonds. The van der Waals surface area contributed by atoms with E-state index in [9.17, 15) is 4.79 Å². The lowest BCUT2D eigenvalue weighted by Gasteiger charge is -2.31. The van der Waals surface area contributed by atoms with E-state index in [2.05, 4.69) is 12.2 Å². The molecule has 0 aliphatic heterocycles. The molecule has 4 heteroatoms. The fraction of sp³-hybridized carbons (Fsp3) is 0.929. The molecule has 106 valence electrons. The summed E-state index contributed by atoms with van der Waals surface area (Å²) >= 11 is 0.